The van der Waals surface area contributed by atoms with Crippen molar-refractivity contribution < 1.29 is 14.6 Å². The number of hydrogen-bond donors (Lipinski definition) is 1. The fraction of sp³-hybridized carbons (Fsp3) is 0.385. The minimum absolute atomic E-state index is 0.0542. The van der Waals surface area contributed by atoms with Crippen molar-refractivity contribution in [1.29, 1.82) is 0 Å². The molecule has 0 spiro atoms. The van der Waals surface area contributed by atoms with Crippen LogP contribution in [-0.2, 0) is 6.61 Å². The summed E-state index contributed by atoms with van der Waals surface area (Å²) in [4.78, 5) is 0. The van der Waals surface area contributed by atoms with Gasteiger partial charge in [0, 0.05) is 5.56 Å². The number of rotatable bonds is 5. The molecule has 3 nitrogen and oxygen atoms in total. The van der Waals surface area contributed by atoms with Gasteiger partial charge in [0.05, 0.1) is 13.7 Å². The molecular weight excluding hydrogens is 204 g/mol. The topological polar surface area (TPSA) is 38.7 Å². The Bertz CT molecular complexity index is 365. The number of hydrogen-bond acceptors (Lipinski definition) is 3. The molecule has 0 saturated carbocycles. The number of allylic oxidation sites excluding steroid dienone is 1. The zero-order valence-corrected chi connectivity index (χ0v) is 9.99. The van der Waals surface area contributed by atoms with Crippen LogP contribution in [0.25, 0.3) is 0 Å². The Morgan fingerprint density at radius 3 is 2.69 bits per heavy atom. The second-order valence-corrected chi connectivity index (χ2v) is 3.72. The Kier molecular flexibility index (Phi) is 4.86. The van der Waals surface area contributed by atoms with E-state index in [9.17, 15) is 5.11 Å². The van der Waals surface area contributed by atoms with Crippen LogP contribution >= 0.6 is 0 Å². The molecule has 0 fully saturated rings. The lowest BCUT2D eigenvalue weighted by atomic mass is 10.2. The van der Waals surface area contributed by atoms with Crippen LogP contribution in [0.4, 0.5) is 0 Å². The molecule has 0 unspecified atom stereocenters. The molecule has 0 bridgehead atoms. The van der Waals surface area contributed by atoms with Gasteiger partial charge in [-0.15, -0.1) is 0 Å². The van der Waals surface area contributed by atoms with E-state index in [1.807, 2.05) is 32.1 Å². The summed E-state index contributed by atoms with van der Waals surface area (Å²) >= 11 is 0. The standard InChI is InChI=1S/C13H18O3/c1-10(2)6-7-16-13-5-4-12(15-3)8-11(13)9-14/h4-6,8,14H,7,9H2,1-3H3. The Labute approximate surface area is 96.3 Å². The van der Waals surface area contributed by atoms with Gasteiger partial charge in [-0.3, -0.25) is 0 Å². The first-order valence-corrected chi connectivity index (χ1v) is 5.21. The first-order valence-electron chi connectivity index (χ1n) is 5.21. The van der Waals surface area contributed by atoms with Crippen molar-refractivity contribution >= 4 is 0 Å². The summed E-state index contributed by atoms with van der Waals surface area (Å²) in [5.74, 6) is 1.42. The van der Waals surface area contributed by atoms with Crippen LogP contribution in [0.5, 0.6) is 11.5 Å². The van der Waals surface area contributed by atoms with Crippen molar-refractivity contribution in [2.24, 2.45) is 0 Å². The van der Waals surface area contributed by atoms with Gasteiger partial charge in [-0.2, -0.15) is 0 Å². The average Bonchev–Trinajstić information content (AvgIpc) is 2.29. The van der Waals surface area contributed by atoms with E-state index < -0.39 is 0 Å². The minimum atomic E-state index is -0.0542. The summed E-state index contributed by atoms with van der Waals surface area (Å²) in [6.07, 6.45) is 1.99. The molecule has 1 rings (SSSR count). The highest BCUT2D eigenvalue weighted by atomic mass is 16.5. The molecule has 0 atom stereocenters. The summed E-state index contributed by atoms with van der Waals surface area (Å²) in [5, 5.41) is 9.20. The second kappa shape index (κ2) is 6.18. The lowest BCUT2D eigenvalue weighted by molar-refractivity contribution is 0.268. The van der Waals surface area contributed by atoms with Gasteiger partial charge in [-0.05, 0) is 38.1 Å². The highest BCUT2D eigenvalue weighted by Crippen LogP contribution is 2.24. The van der Waals surface area contributed by atoms with Gasteiger partial charge in [-0.1, -0.05) is 5.57 Å². The number of aliphatic hydroxyl groups is 1. The molecule has 1 aromatic carbocycles. The number of methoxy groups -OCH3 is 1. The average molecular weight is 222 g/mol. The predicted molar refractivity (Wildman–Crippen MR) is 63.8 cm³/mol. The summed E-state index contributed by atoms with van der Waals surface area (Å²) in [5.41, 5.74) is 1.94. The van der Waals surface area contributed by atoms with Gasteiger partial charge in [0.15, 0.2) is 0 Å². The van der Waals surface area contributed by atoms with Crippen molar-refractivity contribution in [2.75, 3.05) is 13.7 Å². The first-order chi connectivity index (χ1) is 7.67. The Balaban J connectivity index is 2.75. The van der Waals surface area contributed by atoms with E-state index in [2.05, 4.69) is 0 Å². The molecule has 1 aromatic rings. The van der Waals surface area contributed by atoms with E-state index in [1.54, 1.807) is 13.2 Å². The lowest BCUT2D eigenvalue weighted by Gasteiger charge is -2.10. The molecule has 0 aliphatic rings. The maximum Gasteiger partial charge on any atom is 0.125 e. The van der Waals surface area contributed by atoms with Gasteiger partial charge in [0.2, 0.25) is 0 Å². The van der Waals surface area contributed by atoms with E-state index in [0.29, 0.717) is 12.4 Å². The maximum atomic E-state index is 9.20. The van der Waals surface area contributed by atoms with Crippen molar-refractivity contribution in [3.63, 3.8) is 0 Å². The summed E-state index contributed by atoms with van der Waals surface area (Å²) in [7, 11) is 1.60. The SMILES string of the molecule is COc1ccc(OCC=C(C)C)c(CO)c1. The highest BCUT2D eigenvalue weighted by Gasteiger charge is 2.03. The molecule has 0 aliphatic carbocycles. The van der Waals surface area contributed by atoms with E-state index in [4.69, 9.17) is 9.47 Å². The third-order valence-corrected chi connectivity index (χ3v) is 2.17. The van der Waals surface area contributed by atoms with Crippen LogP contribution in [0.2, 0.25) is 0 Å². The van der Waals surface area contributed by atoms with E-state index in [1.165, 1.54) is 5.57 Å². The smallest absolute Gasteiger partial charge is 0.125 e. The molecule has 0 heterocycles. The molecule has 3 heteroatoms. The third kappa shape index (κ3) is 3.59. The monoisotopic (exact) mass is 222 g/mol. The van der Waals surface area contributed by atoms with Crippen LogP contribution in [0.15, 0.2) is 29.8 Å². The maximum absolute atomic E-state index is 9.20. The molecule has 0 aliphatic heterocycles. The number of ether oxygens (including phenoxy) is 2. The van der Waals surface area contributed by atoms with Gasteiger partial charge < -0.3 is 14.6 Å². The molecule has 0 aromatic heterocycles. The number of aliphatic hydroxyl groups excluding tert-OH is 1. The quantitative estimate of drug-likeness (QED) is 0.778. The Morgan fingerprint density at radius 1 is 1.38 bits per heavy atom. The second-order valence-electron chi connectivity index (χ2n) is 3.72. The predicted octanol–water partition coefficient (Wildman–Crippen LogP) is 2.53. The van der Waals surface area contributed by atoms with Gasteiger partial charge >= 0.3 is 0 Å². The van der Waals surface area contributed by atoms with Gasteiger partial charge in [0.25, 0.3) is 0 Å². The van der Waals surface area contributed by atoms with Gasteiger partial charge in [-0.25, -0.2) is 0 Å². The number of benzene rings is 1. The molecule has 0 amide bonds. The van der Waals surface area contributed by atoms with Crippen LogP contribution in [0.3, 0.4) is 0 Å². The van der Waals surface area contributed by atoms with Gasteiger partial charge in [0.1, 0.15) is 18.1 Å². The van der Waals surface area contributed by atoms with E-state index in [-0.39, 0.29) is 6.61 Å². The van der Waals surface area contributed by atoms with Crippen LogP contribution in [0.1, 0.15) is 19.4 Å². The van der Waals surface area contributed by atoms with Crippen molar-refractivity contribution in [1.82, 2.24) is 0 Å². The lowest BCUT2D eigenvalue weighted by Crippen LogP contribution is -1.99. The molecule has 88 valence electrons. The van der Waals surface area contributed by atoms with Crippen molar-refractivity contribution in [3.8, 4) is 11.5 Å². The van der Waals surface area contributed by atoms with E-state index in [0.717, 1.165) is 11.3 Å². The van der Waals surface area contributed by atoms with Crippen LogP contribution < -0.4 is 9.47 Å². The van der Waals surface area contributed by atoms with Crippen LogP contribution in [-0.4, -0.2) is 18.8 Å². The summed E-state index contributed by atoms with van der Waals surface area (Å²) in [6.45, 7) is 4.50. The zero-order valence-electron chi connectivity index (χ0n) is 9.99. The first kappa shape index (κ1) is 12.6. The molecule has 0 radical (unpaired) electrons. The van der Waals surface area contributed by atoms with Crippen molar-refractivity contribution in [3.05, 3.63) is 35.4 Å². The molecule has 16 heavy (non-hydrogen) atoms. The molecule has 0 saturated heterocycles. The zero-order chi connectivity index (χ0) is 12.0. The molecule has 1 N–H and O–H groups in total. The summed E-state index contributed by atoms with van der Waals surface area (Å²) in [6, 6.07) is 5.40. The van der Waals surface area contributed by atoms with Crippen LogP contribution in [0, 0.1) is 0 Å². The van der Waals surface area contributed by atoms with E-state index >= 15 is 0 Å². The fourth-order valence-electron chi connectivity index (χ4n) is 1.25. The minimum Gasteiger partial charge on any atom is -0.497 e. The normalized spacial score (nSPS) is 9.75. The highest BCUT2D eigenvalue weighted by molar-refractivity contribution is 5.39. The Hall–Kier alpha value is -1.48. The molecular formula is C13H18O3. The third-order valence-electron chi connectivity index (χ3n) is 2.17. The summed E-state index contributed by atoms with van der Waals surface area (Å²) < 4.78 is 10.6. The van der Waals surface area contributed by atoms with Crippen molar-refractivity contribution in [2.45, 2.75) is 20.5 Å². The Morgan fingerprint density at radius 2 is 2.12 bits per heavy atom. The fourth-order valence-corrected chi connectivity index (χ4v) is 1.25. The largest absolute Gasteiger partial charge is 0.497 e.